The lowest BCUT2D eigenvalue weighted by Crippen LogP contribution is -3.14. The average molecular weight is 393 g/mol. The molecule has 1 amide bonds. The first-order valence-electron chi connectivity index (χ1n) is 8.98. The van der Waals surface area contributed by atoms with E-state index in [0.717, 1.165) is 49.7 Å². The van der Waals surface area contributed by atoms with E-state index >= 15 is 0 Å². The topological polar surface area (TPSA) is 36.8 Å². The summed E-state index contributed by atoms with van der Waals surface area (Å²) in [5.41, 5.74) is 2.79. The Hall–Kier alpha value is -1.75. The molecule has 138 valence electrons. The van der Waals surface area contributed by atoms with Crippen LogP contribution < -0.4 is 15.1 Å². The molecule has 0 aromatic heterocycles. The Kier molecular flexibility index (Phi) is 6.41. The number of carbonyl (C=O) groups excluding carboxylic acids is 1. The molecule has 4 nitrogen and oxygen atoms in total. The van der Waals surface area contributed by atoms with Crippen LogP contribution in [0, 0.1) is 0 Å². The Morgan fingerprint density at radius 1 is 1.12 bits per heavy atom. The summed E-state index contributed by atoms with van der Waals surface area (Å²) in [5, 5.41) is 4.01. The first-order chi connectivity index (χ1) is 12.6. The van der Waals surface area contributed by atoms with Gasteiger partial charge in [-0.1, -0.05) is 41.4 Å². The number of anilines is 2. The van der Waals surface area contributed by atoms with Crippen LogP contribution in [0.15, 0.2) is 42.5 Å². The van der Waals surface area contributed by atoms with Crippen molar-refractivity contribution in [3.63, 3.8) is 0 Å². The molecule has 0 aliphatic carbocycles. The fraction of sp³-hybridized carbons (Fsp3) is 0.350. The molecule has 0 atom stereocenters. The maximum atomic E-state index is 12.5. The number of hydrogen-bond donors (Lipinski definition) is 2. The molecule has 2 aromatic carbocycles. The third-order valence-corrected chi connectivity index (χ3v) is 5.58. The molecule has 26 heavy (non-hydrogen) atoms. The van der Waals surface area contributed by atoms with E-state index in [0.29, 0.717) is 10.0 Å². The normalized spacial score (nSPS) is 15.1. The summed E-state index contributed by atoms with van der Waals surface area (Å²) in [6, 6.07) is 13.3. The maximum Gasteiger partial charge on any atom is 0.228 e. The molecule has 1 aliphatic rings. The van der Waals surface area contributed by atoms with Gasteiger partial charge in [-0.2, -0.15) is 0 Å². The van der Waals surface area contributed by atoms with E-state index in [2.05, 4.69) is 23.2 Å². The van der Waals surface area contributed by atoms with Crippen molar-refractivity contribution in [3.8, 4) is 0 Å². The number of nitrogens with one attached hydrogen (secondary N) is 2. The highest BCUT2D eigenvalue weighted by molar-refractivity contribution is 6.42. The van der Waals surface area contributed by atoms with E-state index in [9.17, 15) is 4.79 Å². The van der Waals surface area contributed by atoms with E-state index < -0.39 is 0 Å². The second-order valence-corrected chi connectivity index (χ2v) is 7.40. The number of carbonyl (C=O) groups is 1. The first kappa shape index (κ1) is 19.0. The van der Waals surface area contributed by atoms with Gasteiger partial charge < -0.3 is 15.1 Å². The maximum absolute atomic E-state index is 12.5. The summed E-state index contributed by atoms with van der Waals surface area (Å²) in [4.78, 5) is 16.5. The van der Waals surface area contributed by atoms with E-state index in [-0.39, 0.29) is 12.3 Å². The number of piperazine rings is 1. The molecule has 1 saturated heterocycles. The predicted octanol–water partition coefficient (Wildman–Crippen LogP) is 2.90. The van der Waals surface area contributed by atoms with Crippen LogP contribution in [0.4, 0.5) is 11.4 Å². The van der Waals surface area contributed by atoms with Crippen LogP contribution in [0.1, 0.15) is 12.5 Å². The van der Waals surface area contributed by atoms with Crippen molar-refractivity contribution in [2.24, 2.45) is 0 Å². The third-order valence-electron chi connectivity index (χ3n) is 4.84. The zero-order valence-corrected chi connectivity index (χ0v) is 16.4. The van der Waals surface area contributed by atoms with Crippen LogP contribution in [-0.2, 0) is 11.2 Å². The number of nitrogens with zero attached hydrogens (tertiary/aromatic N) is 1. The quantitative estimate of drug-likeness (QED) is 0.820. The molecule has 0 unspecified atom stereocenters. The van der Waals surface area contributed by atoms with Gasteiger partial charge >= 0.3 is 0 Å². The predicted molar refractivity (Wildman–Crippen MR) is 109 cm³/mol. The van der Waals surface area contributed by atoms with Crippen molar-refractivity contribution in [2.75, 3.05) is 42.9 Å². The fourth-order valence-corrected chi connectivity index (χ4v) is 3.62. The Morgan fingerprint density at radius 3 is 2.54 bits per heavy atom. The van der Waals surface area contributed by atoms with Crippen LogP contribution in [0.5, 0.6) is 0 Å². The van der Waals surface area contributed by atoms with Crippen LogP contribution in [-0.4, -0.2) is 38.6 Å². The van der Waals surface area contributed by atoms with Crippen molar-refractivity contribution in [1.29, 1.82) is 0 Å². The third kappa shape index (κ3) is 4.70. The van der Waals surface area contributed by atoms with E-state index in [1.165, 1.54) is 0 Å². The molecule has 1 fully saturated rings. The monoisotopic (exact) mass is 392 g/mol. The van der Waals surface area contributed by atoms with Gasteiger partial charge in [0.15, 0.2) is 0 Å². The van der Waals surface area contributed by atoms with Gasteiger partial charge in [0.2, 0.25) is 5.91 Å². The lowest BCUT2D eigenvalue weighted by molar-refractivity contribution is -0.898. The molecule has 0 saturated carbocycles. The molecule has 3 rings (SSSR count). The van der Waals surface area contributed by atoms with Crippen molar-refractivity contribution in [2.45, 2.75) is 13.3 Å². The van der Waals surface area contributed by atoms with Crippen molar-refractivity contribution in [3.05, 3.63) is 58.1 Å². The summed E-state index contributed by atoms with van der Waals surface area (Å²) in [5.74, 6) is -0.0614. The van der Waals surface area contributed by atoms with Gasteiger partial charge in [0.05, 0.1) is 60.6 Å². The Bertz CT molecular complexity index is 773. The Balaban J connectivity index is 1.68. The van der Waals surface area contributed by atoms with Gasteiger partial charge in [0.25, 0.3) is 0 Å². The highest BCUT2D eigenvalue weighted by Gasteiger charge is 2.21. The van der Waals surface area contributed by atoms with Crippen molar-refractivity contribution in [1.82, 2.24) is 0 Å². The SMILES string of the molecule is CC[NH+]1CCN(c2ccccc2NC(=O)Cc2ccc(Cl)c(Cl)c2)CC1. The highest BCUT2D eigenvalue weighted by Crippen LogP contribution is 2.26. The second-order valence-electron chi connectivity index (χ2n) is 6.58. The lowest BCUT2D eigenvalue weighted by Gasteiger charge is -2.34. The molecule has 0 spiro atoms. The van der Waals surface area contributed by atoms with Gasteiger partial charge in [-0.25, -0.2) is 0 Å². The molecule has 6 heteroatoms. The molecular weight excluding hydrogens is 369 g/mol. The number of hydrogen-bond acceptors (Lipinski definition) is 2. The summed E-state index contributed by atoms with van der Waals surface area (Å²) in [6.07, 6.45) is 0.263. The largest absolute Gasteiger partial charge is 0.359 e. The molecule has 0 bridgehead atoms. The summed E-state index contributed by atoms with van der Waals surface area (Å²) in [6.45, 7) is 7.65. The number of benzene rings is 2. The average Bonchev–Trinajstić information content (AvgIpc) is 2.65. The van der Waals surface area contributed by atoms with E-state index in [4.69, 9.17) is 23.2 Å². The number of rotatable bonds is 5. The lowest BCUT2D eigenvalue weighted by atomic mass is 10.1. The second kappa shape index (κ2) is 8.76. The van der Waals surface area contributed by atoms with Gasteiger partial charge in [0, 0.05) is 0 Å². The van der Waals surface area contributed by atoms with Crippen molar-refractivity contribution >= 4 is 40.5 Å². The fourth-order valence-electron chi connectivity index (χ4n) is 3.30. The van der Waals surface area contributed by atoms with Crippen molar-refractivity contribution < 1.29 is 9.69 Å². The van der Waals surface area contributed by atoms with E-state index in [1.54, 1.807) is 17.0 Å². The highest BCUT2D eigenvalue weighted by atomic mass is 35.5. The first-order valence-corrected chi connectivity index (χ1v) is 9.73. The number of para-hydroxylation sites is 2. The van der Waals surface area contributed by atoms with Gasteiger partial charge in [0.1, 0.15) is 0 Å². The van der Waals surface area contributed by atoms with Gasteiger partial charge in [-0.15, -0.1) is 0 Å². The number of quaternary nitrogens is 1. The summed E-state index contributed by atoms with van der Waals surface area (Å²) in [7, 11) is 0. The molecule has 1 heterocycles. The minimum Gasteiger partial charge on any atom is -0.359 e. The van der Waals surface area contributed by atoms with Crippen LogP contribution in [0.2, 0.25) is 10.0 Å². The van der Waals surface area contributed by atoms with E-state index in [1.807, 2.05) is 24.3 Å². The molecule has 1 aliphatic heterocycles. The number of likely N-dealkylation sites (N-methyl/N-ethyl adjacent to an activating group) is 1. The van der Waals surface area contributed by atoms with Crippen LogP contribution in [0.25, 0.3) is 0 Å². The number of amides is 1. The Labute approximate surface area is 164 Å². The minimum atomic E-state index is -0.0614. The Morgan fingerprint density at radius 2 is 1.85 bits per heavy atom. The zero-order chi connectivity index (χ0) is 18.5. The van der Waals surface area contributed by atoms with Crippen LogP contribution >= 0.6 is 23.2 Å². The van der Waals surface area contributed by atoms with Crippen LogP contribution in [0.3, 0.4) is 0 Å². The molecule has 2 N–H and O–H groups in total. The smallest absolute Gasteiger partial charge is 0.228 e. The molecule has 0 radical (unpaired) electrons. The summed E-state index contributed by atoms with van der Waals surface area (Å²) < 4.78 is 0. The standard InChI is InChI=1S/C20H23Cl2N3O/c1-2-24-9-11-25(12-10-24)19-6-4-3-5-18(19)23-20(26)14-15-7-8-16(21)17(22)13-15/h3-8,13H,2,9-12,14H2,1H3,(H,23,26)/p+1. The zero-order valence-electron chi connectivity index (χ0n) is 14.9. The summed E-state index contributed by atoms with van der Waals surface area (Å²) >= 11 is 12.0. The van der Waals surface area contributed by atoms with Gasteiger partial charge in [-0.3, -0.25) is 4.79 Å². The minimum absolute atomic E-state index is 0.0614. The number of halogens is 2. The molecule has 2 aromatic rings. The van der Waals surface area contributed by atoms with Gasteiger partial charge in [-0.05, 0) is 36.8 Å². The molecular formula is C20H24Cl2N3O+.